The lowest BCUT2D eigenvalue weighted by molar-refractivity contribution is 0.844. The average Bonchev–Trinajstić information content (AvgIpc) is 3.24. The van der Waals surface area contributed by atoms with Crippen molar-refractivity contribution in [1.29, 1.82) is 10.5 Å². The number of nitrogens with zero attached hydrogens (tertiary/aromatic N) is 5. The summed E-state index contributed by atoms with van der Waals surface area (Å²) in [5.41, 5.74) is 15.7. The number of hydrogen-bond acceptors (Lipinski definition) is 9. The topological polar surface area (TPSA) is 152 Å². The highest BCUT2D eigenvalue weighted by Crippen LogP contribution is 2.44. The van der Waals surface area contributed by atoms with Crippen LogP contribution in [-0.2, 0) is 0 Å². The number of aromatic nitrogens is 1. The molecular weight excluding hydrogens is 402 g/mol. The first-order chi connectivity index (χ1) is 14.5. The van der Waals surface area contributed by atoms with E-state index in [1.165, 1.54) is 0 Å². The molecule has 0 bridgehead atoms. The van der Waals surface area contributed by atoms with Crippen LogP contribution in [0, 0.1) is 29.7 Å². The van der Waals surface area contributed by atoms with Crippen molar-refractivity contribution in [3.63, 3.8) is 0 Å². The standard InChI is InChI=1S/C20H20ClN9/c1-10-13(30-6-2-3-7-30)5-4-11(15(10)21)17-14-16(24)12(8-22)18(25)28-19(14)29-20(27-17)26-9-23/h4-5,17H,2-3,6-7H2,1H3,(H6,24,25,26,27,28,29). The number of hydrogen-bond donors (Lipinski definition) is 4. The molecule has 6 N–H and O–H groups in total. The first kappa shape index (κ1) is 19.6. The van der Waals surface area contributed by atoms with E-state index in [0.29, 0.717) is 22.0 Å². The van der Waals surface area contributed by atoms with Crippen LogP contribution >= 0.6 is 11.6 Å². The predicted octanol–water partition coefficient (Wildman–Crippen LogP) is 2.62. The van der Waals surface area contributed by atoms with Gasteiger partial charge in [0.05, 0.1) is 10.7 Å². The molecule has 0 amide bonds. The number of nitrogen functional groups attached to an aromatic ring is 2. The third-order valence-corrected chi connectivity index (χ3v) is 5.99. The molecule has 152 valence electrons. The number of nitrogens with one attached hydrogen (secondary N) is 2. The lowest BCUT2D eigenvalue weighted by Gasteiger charge is -2.28. The van der Waals surface area contributed by atoms with Gasteiger partial charge in [-0.15, -0.1) is 0 Å². The van der Waals surface area contributed by atoms with Crippen molar-refractivity contribution < 1.29 is 0 Å². The van der Waals surface area contributed by atoms with E-state index in [0.717, 1.165) is 37.2 Å². The van der Waals surface area contributed by atoms with Gasteiger partial charge in [-0.05, 0) is 31.4 Å². The SMILES string of the molecule is Cc1c(N2CCCC2)ccc(C2N=C(NC#N)Nc3nc(N)c(C#N)c(N)c32)c1Cl. The summed E-state index contributed by atoms with van der Waals surface area (Å²) in [4.78, 5) is 11.2. The number of anilines is 4. The van der Waals surface area contributed by atoms with E-state index in [9.17, 15) is 5.26 Å². The minimum absolute atomic E-state index is 0.00451. The fraction of sp³-hybridized carbons (Fsp3) is 0.300. The number of pyridine rings is 1. The van der Waals surface area contributed by atoms with Gasteiger partial charge in [-0.2, -0.15) is 10.5 Å². The summed E-state index contributed by atoms with van der Waals surface area (Å²) < 4.78 is 0. The molecule has 0 saturated carbocycles. The number of fused-ring (bicyclic) bond motifs is 1. The molecule has 4 rings (SSSR count). The van der Waals surface area contributed by atoms with Gasteiger partial charge < -0.3 is 21.7 Å². The zero-order valence-corrected chi connectivity index (χ0v) is 17.1. The summed E-state index contributed by atoms with van der Waals surface area (Å²) in [6.45, 7) is 3.98. The zero-order chi connectivity index (χ0) is 21.4. The van der Waals surface area contributed by atoms with Crippen LogP contribution in [0.4, 0.5) is 23.0 Å². The fourth-order valence-corrected chi connectivity index (χ4v) is 4.28. The number of guanidine groups is 1. The molecule has 2 aliphatic heterocycles. The molecule has 0 aliphatic carbocycles. The van der Waals surface area contributed by atoms with Gasteiger partial charge in [-0.1, -0.05) is 17.7 Å². The lowest BCUT2D eigenvalue weighted by atomic mass is 9.93. The molecular formula is C20H20ClN9. The summed E-state index contributed by atoms with van der Waals surface area (Å²) in [6.07, 6.45) is 4.16. The minimum Gasteiger partial charge on any atom is -0.397 e. The van der Waals surface area contributed by atoms with E-state index >= 15 is 0 Å². The Kier molecular flexibility index (Phi) is 4.98. The first-order valence-electron chi connectivity index (χ1n) is 9.49. The molecule has 10 heteroatoms. The second-order valence-corrected chi connectivity index (χ2v) is 7.59. The third-order valence-electron chi connectivity index (χ3n) is 5.49. The molecule has 3 heterocycles. The molecule has 1 aromatic heterocycles. The molecule has 1 unspecified atom stereocenters. The Morgan fingerprint density at radius 1 is 1.27 bits per heavy atom. The second kappa shape index (κ2) is 7.62. The van der Waals surface area contributed by atoms with Crippen molar-refractivity contribution >= 4 is 40.6 Å². The number of aliphatic imine (C=N–C) groups is 1. The molecule has 1 aromatic carbocycles. The van der Waals surface area contributed by atoms with Crippen molar-refractivity contribution in [2.45, 2.75) is 25.8 Å². The molecule has 0 radical (unpaired) electrons. The maximum Gasteiger partial charge on any atom is 0.211 e. The highest BCUT2D eigenvalue weighted by Gasteiger charge is 2.31. The summed E-state index contributed by atoms with van der Waals surface area (Å²) in [5.74, 6) is 0.535. The normalized spacial score (nSPS) is 17.4. The molecule has 0 spiro atoms. The molecule has 30 heavy (non-hydrogen) atoms. The van der Waals surface area contributed by atoms with Gasteiger partial charge in [0, 0.05) is 29.9 Å². The average molecular weight is 422 g/mol. The monoisotopic (exact) mass is 421 g/mol. The Morgan fingerprint density at radius 3 is 2.67 bits per heavy atom. The van der Waals surface area contributed by atoms with Gasteiger partial charge in [0.15, 0.2) is 6.19 Å². The lowest BCUT2D eigenvalue weighted by Crippen LogP contribution is -2.33. The Hall–Kier alpha value is -3.69. The van der Waals surface area contributed by atoms with Crippen molar-refractivity contribution in [2.24, 2.45) is 4.99 Å². The summed E-state index contributed by atoms with van der Waals surface area (Å²) in [7, 11) is 0. The Balaban J connectivity index is 1.89. The van der Waals surface area contributed by atoms with E-state index < -0.39 is 6.04 Å². The van der Waals surface area contributed by atoms with Gasteiger partial charge in [-0.25, -0.2) is 9.98 Å². The largest absolute Gasteiger partial charge is 0.397 e. The molecule has 1 atom stereocenters. The first-order valence-corrected chi connectivity index (χ1v) is 9.86. The van der Waals surface area contributed by atoms with Crippen LogP contribution < -0.4 is 27.0 Å². The highest BCUT2D eigenvalue weighted by atomic mass is 35.5. The van der Waals surface area contributed by atoms with Crippen LogP contribution in [0.25, 0.3) is 0 Å². The molecule has 9 nitrogen and oxygen atoms in total. The smallest absolute Gasteiger partial charge is 0.211 e. The fourth-order valence-electron chi connectivity index (χ4n) is 4.01. The van der Waals surface area contributed by atoms with Crippen molar-refractivity contribution in [3.8, 4) is 12.3 Å². The Bertz CT molecular complexity index is 1140. The predicted molar refractivity (Wildman–Crippen MR) is 117 cm³/mol. The number of benzene rings is 1. The quantitative estimate of drug-likeness (QED) is 0.426. The molecule has 1 fully saturated rings. The van der Waals surface area contributed by atoms with Crippen LogP contribution in [0.3, 0.4) is 0 Å². The Labute approximate surface area is 179 Å². The third kappa shape index (κ3) is 3.10. The molecule has 2 aromatic rings. The van der Waals surface area contributed by atoms with Crippen LogP contribution in [0.5, 0.6) is 0 Å². The minimum atomic E-state index is -0.656. The second-order valence-electron chi connectivity index (χ2n) is 7.21. The summed E-state index contributed by atoms with van der Waals surface area (Å²) in [5, 5.41) is 24.5. The zero-order valence-electron chi connectivity index (χ0n) is 16.3. The molecule has 2 aliphatic rings. The number of nitrogens with two attached hydrogens (primary N) is 2. The van der Waals surface area contributed by atoms with Gasteiger partial charge in [0.2, 0.25) is 5.96 Å². The highest BCUT2D eigenvalue weighted by molar-refractivity contribution is 6.32. The maximum atomic E-state index is 9.46. The van der Waals surface area contributed by atoms with E-state index in [2.05, 4.69) is 25.5 Å². The van der Waals surface area contributed by atoms with Crippen LogP contribution in [0.2, 0.25) is 5.02 Å². The number of halogens is 1. The van der Waals surface area contributed by atoms with Crippen molar-refractivity contribution in [1.82, 2.24) is 10.3 Å². The van der Waals surface area contributed by atoms with E-state index in [1.807, 2.05) is 31.3 Å². The van der Waals surface area contributed by atoms with E-state index in [4.69, 9.17) is 28.3 Å². The Morgan fingerprint density at radius 2 is 2.00 bits per heavy atom. The van der Waals surface area contributed by atoms with Crippen LogP contribution in [-0.4, -0.2) is 24.0 Å². The van der Waals surface area contributed by atoms with Crippen molar-refractivity contribution in [3.05, 3.63) is 39.4 Å². The van der Waals surface area contributed by atoms with Crippen molar-refractivity contribution in [2.75, 3.05) is 34.8 Å². The van der Waals surface area contributed by atoms with Gasteiger partial charge >= 0.3 is 0 Å². The van der Waals surface area contributed by atoms with Gasteiger partial charge in [0.1, 0.15) is 29.3 Å². The van der Waals surface area contributed by atoms with E-state index in [-0.39, 0.29) is 23.0 Å². The van der Waals surface area contributed by atoms with Crippen LogP contribution in [0.1, 0.15) is 41.1 Å². The summed E-state index contributed by atoms with van der Waals surface area (Å²) in [6, 6.07) is 5.29. The van der Waals surface area contributed by atoms with E-state index in [1.54, 1.807) is 0 Å². The number of rotatable bonds is 2. The van der Waals surface area contributed by atoms with Gasteiger partial charge in [0.25, 0.3) is 0 Å². The number of nitriles is 2. The summed E-state index contributed by atoms with van der Waals surface area (Å²) >= 11 is 6.81. The van der Waals surface area contributed by atoms with Gasteiger partial charge in [-0.3, -0.25) is 5.32 Å². The molecule has 1 saturated heterocycles. The maximum absolute atomic E-state index is 9.46. The van der Waals surface area contributed by atoms with Crippen LogP contribution in [0.15, 0.2) is 17.1 Å².